The lowest BCUT2D eigenvalue weighted by atomic mass is 10.1. The molecule has 0 unspecified atom stereocenters. The van der Waals surface area contributed by atoms with E-state index < -0.39 is 0 Å². The molecule has 0 aliphatic heterocycles. The van der Waals surface area contributed by atoms with Crippen molar-refractivity contribution in [2.24, 2.45) is 5.10 Å². The number of nitriles is 1. The van der Waals surface area contributed by atoms with Crippen LogP contribution in [0.5, 0.6) is 11.5 Å². The molecule has 1 N–H and O–H groups in total. The third-order valence-electron chi connectivity index (χ3n) is 4.23. The number of rotatable bonds is 8. The molecule has 1 amide bonds. The van der Waals surface area contributed by atoms with Crippen molar-refractivity contribution in [2.75, 3.05) is 6.61 Å². The molecule has 0 spiro atoms. The molecule has 156 valence electrons. The topological polar surface area (TPSA) is 83.7 Å². The summed E-state index contributed by atoms with van der Waals surface area (Å²) in [7, 11) is 0. The average molecular weight is 417 g/mol. The van der Waals surface area contributed by atoms with E-state index in [-0.39, 0.29) is 18.3 Å². The maximum absolute atomic E-state index is 13.0. The summed E-state index contributed by atoms with van der Waals surface area (Å²) in [5.74, 6) is 0.399. The summed E-state index contributed by atoms with van der Waals surface area (Å²) < 4.78 is 24.5. The lowest BCUT2D eigenvalue weighted by Crippen LogP contribution is -2.17. The standard InChI is InChI=1S/C24H20FN3O3/c1-2-30-23-13-19(7-12-22(23)31-16-18-5-10-21(25)11-6-18)15-27-28-24(29)20-8-3-17(14-26)4-9-20/h3-13,15H,2,16H2,1H3,(H,28,29)/b27-15-. The molecule has 3 aromatic carbocycles. The summed E-state index contributed by atoms with van der Waals surface area (Å²) in [6, 6.07) is 19.6. The van der Waals surface area contributed by atoms with Crippen LogP contribution in [0.2, 0.25) is 0 Å². The van der Waals surface area contributed by atoms with Gasteiger partial charge in [-0.3, -0.25) is 4.79 Å². The van der Waals surface area contributed by atoms with Crippen molar-refractivity contribution in [2.45, 2.75) is 13.5 Å². The van der Waals surface area contributed by atoms with Gasteiger partial charge >= 0.3 is 0 Å². The van der Waals surface area contributed by atoms with E-state index in [9.17, 15) is 9.18 Å². The highest BCUT2D eigenvalue weighted by Crippen LogP contribution is 2.29. The number of halogens is 1. The number of nitrogens with zero attached hydrogens (tertiary/aromatic N) is 2. The first-order valence-electron chi connectivity index (χ1n) is 9.56. The van der Waals surface area contributed by atoms with Crippen LogP contribution < -0.4 is 14.9 Å². The van der Waals surface area contributed by atoms with Crippen molar-refractivity contribution in [3.8, 4) is 17.6 Å². The molecule has 0 saturated heterocycles. The van der Waals surface area contributed by atoms with E-state index in [2.05, 4.69) is 10.5 Å². The third-order valence-corrected chi connectivity index (χ3v) is 4.23. The zero-order valence-corrected chi connectivity index (χ0v) is 16.8. The van der Waals surface area contributed by atoms with Gasteiger partial charge in [0.05, 0.1) is 24.5 Å². The Morgan fingerprint density at radius 1 is 1.06 bits per heavy atom. The summed E-state index contributed by atoms with van der Waals surface area (Å²) in [4.78, 5) is 12.1. The zero-order valence-electron chi connectivity index (χ0n) is 16.8. The zero-order chi connectivity index (χ0) is 22.1. The Kier molecular flexibility index (Phi) is 7.33. The number of hydrogen-bond acceptors (Lipinski definition) is 5. The normalized spacial score (nSPS) is 10.5. The fourth-order valence-corrected chi connectivity index (χ4v) is 2.66. The Labute approximate surface area is 179 Å². The summed E-state index contributed by atoms with van der Waals surface area (Å²) in [5, 5.41) is 12.8. The number of amides is 1. The van der Waals surface area contributed by atoms with Crippen LogP contribution in [0.3, 0.4) is 0 Å². The van der Waals surface area contributed by atoms with Crippen LogP contribution in [0.4, 0.5) is 4.39 Å². The van der Waals surface area contributed by atoms with Gasteiger partial charge in [0.1, 0.15) is 12.4 Å². The molecule has 0 aromatic heterocycles. The molecule has 0 aliphatic carbocycles. The molecule has 7 heteroatoms. The predicted octanol–water partition coefficient (Wildman–Crippen LogP) is 4.44. The third kappa shape index (κ3) is 6.15. The van der Waals surface area contributed by atoms with Crippen LogP contribution >= 0.6 is 0 Å². The van der Waals surface area contributed by atoms with Gasteiger partial charge in [-0.25, -0.2) is 9.82 Å². The number of carbonyl (C=O) groups is 1. The van der Waals surface area contributed by atoms with E-state index >= 15 is 0 Å². The van der Waals surface area contributed by atoms with Gasteiger partial charge in [-0.1, -0.05) is 12.1 Å². The quantitative estimate of drug-likeness (QED) is 0.434. The Bertz CT molecular complexity index is 1100. The van der Waals surface area contributed by atoms with E-state index in [1.54, 1.807) is 54.6 Å². The van der Waals surface area contributed by atoms with E-state index in [1.165, 1.54) is 18.3 Å². The second-order valence-electron chi connectivity index (χ2n) is 6.44. The van der Waals surface area contributed by atoms with Crippen molar-refractivity contribution >= 4 is 12.1 Å². The first-order chi connectivity index (χ1) is 15.1. The molecule has 3 rings (SSSR count). The molecule has 0 heterocycles. The van der Waals surface area contributed by atoms with Crippen molar-refractivity contribution < 1.29 is 18.7 Å². The predicted molar refractivity (Wildman–Crippen MR) is 115 cm³/mol. The minimum absolute atomic E-state index is 0.272. The Morgan fingerprint density at radius 3 is 2.48 bits per heavy atom. The maximum Gasteiger partial charge on any atom is 0.271 e. The lowest BCUT2D eigenvalue weighted by Gasteiger charge is -2.12. The highest BCUT2D eigenvalue weighted by atomic mass is 19.1. The van der Waals surface area contributed by atoms with Crippen LogP contribution in [0.25, 0.3) is 0 Å². The van der Waals surface area contributed by atoms with Gasteiger partial charge in [0, 0.05) is 5.56 Å². The van der Waals surface area contributed by atoms with E-state index in [1.807, 2.05) is 13.0 Å². The molecule has 0 saturated carbocycles. The number of benzene rings is 3. The summed E-state index contributed by atoms with van der Waals surface area (Å²) in [5.41, 5.74) is 4.86. The minimum Gasteiger partial charge on any atom is -0.490 e. The number of carbonyl (C=O) groups excluding carboxylic acids is 1. The monoisotopic (exact) mass is 417 g/mol. The Hall–Kier alpha value is -4.18. The van der Waals surface area contributed by atoms with Gasteiger partial charge in [0.25, 0.3) is 5.91 Å². The minimum atomic E-state index is -0.384. The highest BCUT2D eigenvalue weighted by Gasteiger charge is 2.07. The first kappa shape index (κ1) is 21.5. The van der Waals surface area contributed by atoms with Gasteiger partial charge in [-0.15, -0.1) is 0 Å². The van der Waals surface area contributed by atoms with E-state index in [0.717, 1.165) is 5.56 Å². The summed E-state index contributed by atoms with van der Waals surface area (Å²) in [6.07, 6.45) is 1.49. The highest BCUT2D eigenvalue weighted by molar-refractivity contribution is 5.95. The fourth-order valence-electron chi connectivity index (χ4n) is 2.66. The van der Waals surface area contributed by atoms with Crippen molar-refractivity contribution in [3.05, 3.63) is 94.8 Å². The largest absolute Gasteiger partial charge is 0.490 e. The Morgan fingerprint density at radius 2 is 1.81 bits per heavy atom. The van der Waals surface area contributed by atoms with Gasteiger partial charge in [0.15, 0.2) is 11.5 Å². The van der Waals surface area contributed by atoms with E-state index in [0.29, 0.717) is 34.8 Å². The van der Waals surface area contributed by atoms with Crippen LogP contribution in [0.15, 0.2) is 71.8 Å². The maximum atomic E-state index is 13.0. The summed E-state index contributed by atoms with van der Waals surface area (Å²) >= 11 is 0. The number of nitrogens with one attached hydrogen (secondary N) is 1. The molecule has 0 aliphatic rings. The molecule has 0 fully saturated rings. The second-order valence-corrected chi connectivity index (χ2v) is 6.44. The fraction of sp³-hybridized carbons (Fsp3) is 0.125. The van der Waals surface area contributed by atoms with E-state index in [4.69, 9.17) is 14.7 Å². The van der Waals surface area contributed by atoms with Gasteiger partial charge in [-0.2, -0.15) is 10.4 Å². The molecular formula is C24H20FN3O3. The van der Waals surface area contributed by atoms with Crippen LogP contribution in [-0.4, -0.2) is 18.7 Å². The molecule has 0 atom stereocenters. The molecule has 31 heavy (non-hydrogen) atoms. The van der Waals surface area contributed by atoms with Crippen LogP contribution in [0.1, 0.15) is 34.0 Å². The van der Waals surface area contributed by atoms with Crippen molar-refractivity contribution in [1.82, 2.24) is 5.43 Å². The second kappa shape index (κ2) is 10.6. The van der Waals surface area contributed by atoms with Gasteiger partial charge in [-0.05, 0) is 72.6 Å². The first-order valence-corrected chi connectivity index (χ1v) is 9.56. The molecular weight excluding hydrogens is 397 g/mol. The van der Waals surface area contributed by atoms with Crippen LogP contribution in [0, 0.1) is 17.1 Å². The smallest absolute Gasteiger partial charge is 0.271 e. The summed E-state index contributed by atoms with van der Waals surface area (Å²) in [6.45, 7) is 2.58. The SMILES string of the molecule is CCOc1cc(/C=N\NC(=O)c2ccc(C#N)cc2)ccc1OCc1ccc(F)cc1. The molecule has 3 aromatic rings. The molecule has 6 nitrogen and oxygen atoms in total. The molecule has 0 bridgehead atoms. The van der Waals surface area contributed by atoms with Crippen molar-refractivity contribution in [1.29, 1.82) is 5.26 Å². The number of ether oxygens (including phenoxy) is 2. The lowest BCUT2D eigenvalue weighted by molar-refractivity contribution is 0.0955. The average Bonchev–Trinajstić information content (AvgIpc) is 2.80. The van der Waals surface area contributed by atoms with Gasteiger partial charge < -0.3 is 9.47 Å². The molecule has 0 radical (unpaired) electrons. The van der Waals surface area contributed by atoms with Gasteiger partial charge in [0.2, 0.25) is 0 Å². The number of hydrazone groups is 1. The van der Waals surface area contributed by atoms with Crippen LogP contribution in [-0.2, 0) is 6.61 Å². The van der Waals surface area contributed by atoms with Crippen molar-refractivity contribution in [3.63, 3.8) is 0 Å². The Balaban J connectivity index is 1.64. The number of hydrogen-bond donors (Lipinski definition) is 1.